The van der Waals surface area contributed by atoms with Crippen molar-refractivity contribution in [2.45, 2.75) is 5.60 Å². The summed E-state index contributed by atoms with van der Waals surface area (Å²) >= 11 is 0. The van der Waals surface area contributed by atoms with Gasteiger partial charge in [-0.2, -0.15) is 0 Å². The Morgan fingerprint density at radius 1 is 0.529 bits per heavy atom. The second-order valence-electron chi connectivity index (χ2n) is 12.1. The third-order valence-corrected chi connectivity index (χ3v) is 9.41. The van der Waals surface area contributed by atoms with E-state index in [-0.39, 0.29) is 48.6 Å². The van der Waals surface area contributed by atoms with Crippen LogP contribution in [0.5, 0.6) is 11.5 Å². The molecule has 2 aliphatic rings. The van der Waals surface area contributed by atoms with E-state index in [0.29, 0.717) is 22.6 Å². The van der Waals surface area contributed by atoms with Crippen molar-refractivity contribution in [3.05, 3.63) is 154 Å². The molecule has 0 unspecified atom stereocenters. The Morgan fingerprint density at radius 2 is 0.961 bits per heavy atom. The summed E-state index contributed by atoms with van der Waals surface area (Å²) in [6.45, 7) is -0.435. The lowest BCUT2D eigenvalue weighted by molar-refractivity contribution is 0.00334. The van der Waals surface area contributed by atoms with Crippen LogP contribution in [0.2, 0.25) is 0 Å². The van der Waals surface area contributed by atoms with Crippen LogP contribution in [-0.4, -0.2) is 79.1 Å². The molecule has 0 fully saturated rings. The molecule has 0 saturated carbocycles. The number of aliphatic hydroxyl groups is 1. The standard InChI is InChI=1S/C41H34N2O8/c1-49-31-14-10-29(11-15-31)41(28-6-4-3-5-7-28,30-12-16-32(50-2)17-13-30)51-23-21-43-38(46)34-19-9-27(25-36(34)40(43)48)26-8-18-33-35(24-26)39(47)42(20-22-44)37(33)45/h3-19,24-25,44H,20-23H2,1-2H3. The third kappa shape index (κ3) is 5.74. The molecule has 256 valence electrons. The number of amides is 4. The van der Waals surface area contributed by atoms with Crippen LogP contribution in [0.15, 0.2) is 115 Å². The first-order valence-corrected chi connectivity index (χ1v) is 16.4. The monoisotopic (exact) mass is 682 g/mol. The van der Waals surface area contributed by atoms with E-state index in [1.807, 2.05) is 78.9 Å². The van der Waals surface area contributed by atoms with Crippen molar-refractivity contribution in [3.8, 4) is 22.6 Å². The molecule has 5 aromatic carbocycles. The summed E-state index contributed by atoms with van der Waals surface area (Å²) < 4.78 is 17.7. The molecule has 0 atom stereocenters. The van der Waals surface area contributed by atoms with E-state index in [9.17, 15) is 24.3 Å². The van der Waals surface area contributed by atoms with Crippen molar-refractivity contribution in [3.63, 3.8) is 0 Å². The maximum atomic E-state index is 13.8. The van der Waals surface area contributed by atoms with Crippen LogP contribution in [0, 0.1) is 0 Å². The molecule has 10 nitrogen and oxygen atoms in total. The lowest BCUT2D eigenvalue weighted by Gasteiger charge is -2.36. The zero-order chi connectivity index (χ0) is 35.7. The highest BCUT2D eigenvalue weighted by Gasteiger charge is 2.40. The molecule has 10 heteroatoms. The lowest BCUT2D eigenvalue weighted by Crippen LogP contribution is -2.38. The number of hydrogen-bond donors (Lipinski definition) is 1. The summed E-state index contributed by atoms with van der Waals surface area (Å²) in [5, 5.41) is 9.29. The van der Waals surface area contributed by atoms with E-state index in [1.165, 1.54) is 4.90 Å². The highest BCUT2D eigenvalue weighted by atomic mass is 16.5. The predicted octanol–water partition coefficient (Wildman–Crippen LogP) is 5.56. The first-order chi connectivity index (χ1) is 24.8. The number of hydrogen-bond acceptors (Lipinski definition) is 8. The van der Waals surface area contributed by atoms with E-state index in [1.54, 1.807) is 50.6 Å². The molecular formula is C41H34N2O8. The van der Waals surface area contributed by atoms with Crippen LogP contribution in [0.1, 0.15) is 58.1 Å². The highest BCUT2D eigenvalue weighted by molar-refractivity contribution is 6.23. The number of benzene rings is 5. The molecular weight excluding hydrogens is 648 g/mol. The number of carbonyl (C=O) groups is 4. The van der Waals surface area contributed by atoms with Gasteiger partial charge in [-0.05, 0) is 76.3 Å². The summed E-state index contributed by atoms with van der Waals surface area (Å²) in [4.78, 5) is 55.1. The molecule has 0 spiro atoms. The second-order valence-corrected chi connectivity index (χ2v) is 12.1. The maximum absolute atomic E-state index is 13.8. The van der Waals surface area contributed by atoms with Gasteiger partial charge in [0, 0.05) is 0 Å². The smallest absolute Gasteiger partial charge is 0.261 e. The Morgan fingerprint density at radius 3 is 1.41 bits per heavy atom. The van der Waals surface area contributed by atoms with E-state index in [2.05, 4.69) is 0 Å². The Labute approximate surface area is 294 Å². The topological polar surface area (TPSA) is 123 Å². The molecule has 0 bridgehead atoms. The number of fused-ring (bicyclic) bond motifs is 2. The average molecular weight is 683 g/mol. The molecule has 1 N–H and O–H groups in total. The van der Waals surface area contributed by atoms with Crippen LogP contribution in [0.3, 0.4) is 0 Å². The lowest BCUT2D eigenvalue weighted by atomic mass is 9.80. The van der Waals surface area contributed by atoms with Crippen molar-refractivity contribution >= 4 is 23.6 Å². The molecule has 2 heterocycles. The molecule has 5 aromatic rings. The molecule has 0 saturated heterocycles. The van der Waals surface area contributed by atoms with E-state index >= 15 is 0 Å². The largest absolute Gasteiger partial charge is 0.497 e. The quantitative estimate of drug-likeness (QED) is 0.134. The summed E-state index contributed by atoms with van der Waals surface area (Å²) in [6, 6.07) is 34.8. The molecule has 51 heavy (non-hydrogen) atoms. The zero-order valence-corrected chi connectivity index (χ0v) is 28.0. The molecule has 2 aliphatic heterocycles. The van der Waals surface area contributed by atoms with Gasteiger partial charge in [-0.3, -0.25) is 29.0 Å². The minimum absolute atomic E-state index is 0.0105. The molecule has 0 radical (unpaired) electrons. The Kier molecular flexibility index (Phi) is 8.95. The van der Waals surface area contributed by atoms with E-state index in [0.717, 1.165) is 21.6 Å². The number of β-amino-alcohol motifs (C(OH)–C–C–N with tert-alkyl or cyclic N) is 1. The van der Waals surface area contributed by atoms with Crippen molar-refractivity contribution in [1.29, 1.82) is 0 Å². The van der Waals surface area contributed by atoms with Gasteiger partial charge in [0.15, 0.2) is 0 Å². The summed E-state index contributed by atoms with van der Waals surface area (Å²) in [5.41, 5.74) is 3.57. The van der Waals surface area contributed by atoms with Gasteiger partial charge in [-0.1, -0.05) is 66.7 Å². The van der Waals surface area contributed by atoms with E-state index in [4.69, 9.17) is 14.2 Å². The van der Waals surface area contributed by atoms with Crippen LogP contribution in [0.4, 0.5) is 0 Å². The Hall–Kier alpha value is -6.10. The summed E-state index contributed by atoms with van der Waals surface area (Å²) in [6.07, 6.45) is 0. The number of carbonyl (C=O) groups excluding carboxylic acids is 4. The van der Waals surface area contributed by atoms with Gasteiger partial charge in [0.05, 0.1) is 62.8 Å². The minimum Gasteiger partial charge on any atom is -0.497 e. The van der Waals surface area contributed by atoms with Crippen LogP contribution >= 0.6 is 0 Å². The van der Waals surface area contributed by atoms with Gasteiger partial charge < -0.3 is 19.3 Å². The minimum atomic E-state index is -1.12. The summed E-state index contributed by atoms with van der Waals surface area (Å²) in [5.74, 6) is -0.465. The fourth-order valence-electron chi connectivity index (χ4n) is 6.81. The fraction of sp³-hybridized carbons (Fsp3) is 0.171. The van der Waals surface area contributed by atoms with Crippen molar-refractivity contribution in [1.82, 2.24) is 9.80 Å². The number of imide groups is 2. The maximum Gasteiger partial charge on any atom is 0.261 e. The number of ether oxygens (including phenoxy) is 3. The summed E-state index contributed by atoms with van der Waals surface area (Å²) in [7, 11) is 3.21. The first-order valence-electron chi connectivity index (χ1n) is 16.4. The van der Waals surface area contributed by atoms with Crippen molar-refractivity contribution in [2.24, 2.45) is 0 Å². The zero-order valence-electron chi connectivity index (χ0n) is 28.0. The third-order valence-electron chi connectivity index (χ3n) is 9.41. The van der Waals surface area contributed by atoms with Gasteiger partial charge in [0.25, 0.3) is 23.6 Å². The number of methoxy groups -OCH3 is 2. The number of aliphatic hydroxyl groups excluding tert-OH is 1. The number of rotatable bonds is 12. The van der Waals surface area contributed by atoms with Crippen molar-refractivity contribution in [2.75, 3.05) is 40.5 Å². The van der Waals surface area contributed by atoms with Gasteiger partial charge in [-0.25, -0.2) is 0 Å². The first kappa shape index (κ1) is 33.4. The highest BCUT2D eigenvalue weighted by Crippen LogP contribution is 2.42. The Bertz CT molecular complexity index is 2100. The van der Waals surface area contributed by atoms with Gasteiger partial charge in [-0.15, -0.1) is 0 Å². The van der Waals surface area contributed by atoms with Gasteiger partial charge in [0.1, 0.15) is 17.1 Å². The van der Waals surface area contributed by atoms with Crippen LogP contribution < -0.4 is 9.47 Å². The second kappa shape index (κ2) is 13.7. The van der Waals surface area contributed by atoms with Crippen LogP contribution in [0.25, 0.3) is 11.1 Å². The van der Waals surface area contributed by atoms with Crippen LogP contribution in [-0.2, 0) is 10.3 Å². The van der Waals surface area contributed by atoms with Gasteiger partial charge in [0.2, 0.25) is 0 Å². The predicted molar refractivity (Wildman–Crippen MR) is 188 cm³/mol. The number of nitrogens with zero attached hydrogens (tertiary/aromatic N) is 2. The normalized spacial score (nSPS) is 13.9. The Balaban J connectivity index is 1.17. The molecule has 4 amide bonds. The average Bonchev–Trinajstić information content (AvgIpc) is 3.56. The molecule has 7 rings (SSSR count). The van der Waals surface area contributed by atoms with Gasteiger partial charge >= 0.3 is 0 Å². The van der Waals surface area contributed by atoms with Crippen molar-refractivity contribution < 1.29 is 38.5 Å². The fourth-order valence-corrected chi connectivity index (χ4v) is 6.81. The SMILES string of the molecule is COc1ccc(C(OCCN2C(=O)c3ccc(-c4ccc5c(c4)C(=O)N(CCO)C5=O)cc3C2=O)(c2ccccc2)c2ccc(OC)cc2)cc1. The molecule has 0 aliphatic carbocycles. The molecule has 0 aromatic heterocycles. The van der Waals surface area contributed by atoms with E-state index < -0.39 is 29.2 Å².